The lowest BCUT2D eigenvalue weighted by molar-refractivity contribution is -0.117. The Labute approximate surface area is 141 Å². The zero-order chi connectivity index (χ0) is 17.0. The number of hydrogen-bond donors (Lipinski definition) is 2. The fourth-order valence-corrected chi connectivity index (χ4v) is 3.01. The number of amides is 1. The van der Waals surface area contributed by atoms with Crippen LogP contribution in [0, 0.1) is 5.41 Å². The van der Waals surface area contributed by atoms with Crippen molar-refractivity contribution in [2.75, 3.05) is 45.7 Å². The normalized spacial score (nSPS) is 21.3. The number of rotatable bonds is 6. The van der Waals surface area contributed by atoms with E-state index in [2.05, 4.69) is 17.1 Å². The van der Waals surface area contributed by atoms with Crippen molar-refractivity contribution in [1.29, 1.82) is 0 Å². The summed E-state index contributed by atoms with van der Waals surface area (Å²) >= 11 is 6.06. The molecular weight excluding hydrogens is 318 g/mol. The van der Waals surface area contributed by atoms with Crippen LogP contribution in [0.4, 0.5) is 5.69 Å². The molecule has 3 N–H and O–H groups in total. The summed E-state index contributed by atoms with van der Waals surface area (Å²) in [7, 11) is 3.05. The van der Waals surface area contributed by atoms with Gasteiger partial charge in [0, 0.05) is 18.7 Å². The molecule has 1 saturated heterocycles. The van der Waals surface area contributed by atoms with E-state index in [1.165, 1.54) is 14.2 Å². The van der Waals surface area contributed by atoms with E-state index < -0.39 is 0 Å². The SMILES string of the molecule is COc1cc(NC(=O)CN2CCC(C)(CN)C2)c(OC)cc1Cl. The molecule has 1 fully saturated rings. The highest BCUT2D eigenvalue weighted by atomic mass is 35.5. The number of anilines is 1. The maximum Gasteiger partial charge on any atom is 0.238 e. The van der Waals surface area contributed by atoms with E-state index in [1.807, 2.05) is 0 Å². The van der Waals surface area contributed by atoms with Gasteiger partial charge in [0.05, 0.1) is 31.5 Å². The molecule has 1 atom stereocenters. The topological polar surface area (TPSA) is 76.8 Å². The smallest absolute Gasteiger partial charge is 0.238 e. The Morgan fingerprint density at radius 3 is 2.65 bits per heavy atom. The fourth-order valence-electron chi connectivity index (χ4n) is 2.78. The van der Waals surface area contributed by atoms with Crippen molar-refractivity contribution in [3.05, 3.63) is 17.2 Å². The van der Waals surface area contributed by atoms with Crippen LogP contribution < -0.4 is 20.5 Å². The van der Waals surface area contributed by atoms with Gasteiger partial charge in [0.2, 0.25) is 5.91 Å². The second-order valence-electron chi connectivity index (χ2n) is 6.21. The first kappa shape index (κ1) is 17.8. The first-order valence-electron chi connectivity index (χ1n) is 7.54. The maximum atomic E-state index is 12.3. The van der Waals surface area contributed by atoms with Crippen LogP contribution >= 0.6 is 11.6 Å². The van der Waals surface area contributed by atoms with E-state index in [1.54, 1.807) is 12.1 Å². The minimum absolute atomic E-state index is 0.0987. The van der Waals surface area contributed by atoms with Crippen LogP contribution in [0.5, 0.6) is 11.5 Å². The van der Waals surface area contributed by atoms with Crippen LogP contribution in [0.15, 0.2) is 12.1 Å². The number of carbonyl (C=O) groups is 1. The van der Waals surface area contributed by atoms with Gasteiger partial charge < -0.3 is 20.5 Å². The van der Waals surface area contributed by atoms with Crippen molar-refractivity contribution in [3.8, 4) is 11.5 Å². The van der Waals surface area contributed by atoms with Gasteiger partial charge in [-0.05, 0) is 24.9 Å². The number of halogens is 1. The average molecular weight is 342 g/mol. The predicted octanol–water partition coefficient (Wildman–Crippen LogP) is 1.97. The zero-order valence-corrected chi connectivity index (χ0v) is 14.6. The molecular formula is C16H24ClN3O3. The van der Waals surface area contributed by atoms with Gasteiger partial charge in [-0.15, -0.1) is 0 Å². The summed E-state index contributed by atoms with van der Waals surface area (Å²) in [6.07, 6.45) is 1.01. The molecule has 0 aliphatic carbocycles. The van der Waals surface area contributed by atoms with Crippen LogP contribution in [-0.4, -0.2) is 51.2 Å². The van der Waals surface area contributed by atoms with Gasteiger partial charge in [-0.25, -0.2) is 0 Å². The molecule has 0 radical (unpaired) electrons. The summed E-state index contributed by atoms with van der Waals surface area (Å²) in [4.78, 5) is 14.4. The maximum absolute atomic E-state index is 12.3. The fraction of sp³-hybridized carbons (Fsp3) is 0.562. The highest BCUT2D eigenvalue weighted by molar-refractivity contribution is 6.32. The molecule has 1 unspecified atom stereocenters. The third-order valence-corrected chi connectivity index (χ3v) is 4.54. The molecule has 7 heteroatoms. The molecule has 0 spiro atoms. The van der Waals surface area contributed by atoms with Crippen LogP contribution in [0.3, 0.4) is 0 Å². The minimum atomic E-state index is -0.103. The van der Waals surface area contributed by atoms with E-state index in [0.29, 0.717) is 35.3 Å². The molecule has 0 aromatic heterocycles. The average Bonchev–Trinajstić information content (AvgIpc) is 2.90. The highest BCUT2D eigenvalue weighted by Crippen LogP contribution is 2.36. The van der Waals surface area contributed by atoms with Crippen molar-refractivity contribution in [1.82, 2.24) is 4.90 Å². The van der Waals surface area contributed by atoms with Crippen LogP contribution in [0.2, 0.25) is 5.02 Å². The molecule has 2 rings (SSSR count). The number of likely N-dealkylation sites (tertiary alicyclic amines) is 1. The third-order valence-electron chi connectivity index (χ3n) is 4.24. The lowest BCUT2D eigenvalue weighted by atomic mass is 9.90. The summed E-state index contributed by atoms with van der Waals surface area (Å²) in [6, 6.07) is 3.28. The summed E-state index contributed by atoms with van der Waals surface area (Å²) in [6.45, 7) is 4.81. The number of methoxy groups -OCH3 is 2. The predicted molar refractivity (Wildman–Crippen MR) is 91.4 cm³/mol. The lowest BCUT2D eigenvalue weighted by Crippen LogP contribution is -2.35. The van der Waals surface area contributed by atoms with E-state index in [9.17, 15) is 4.79 Å². The Kier molecular flexibility index (Phi) is 5.73. The first-order chi connectivity index (χ1) is 10.9. The molecule has 23 heavy (non-hydrogen) atoms. The Morgan fingerprint density at radius 1 is 1.39 bits per heavy atom. The number of nitrogens with two attached hydrogens (primary N) is 1. The van der Waals surface area contributed by atoms with E-state index >= 15 is 0 Å². The number of carbonyl (C=O) groups excluding carboxylic acids is 1. The molecule has 1 aliphatic rings. The number of ether oxygens (including phenoxy) is 2. The molecule has 1 aliphatic heterocycles. The number of hydrogen-bond acceptors (Lipinski definition) is 5. The molecule has 1 aromatic carbocycles. The Bertz CT molecular complexity index is 582. The summed E-state index contributed by atoms with van der Waals surface area (Å²) < 4.78 is 10.4. The van der Waals surface area contributed by atoms with Gasteiger partial charge in [0.25, 0.3) is 0 Å². The highest BCUT2D eigenvalue weighted by Gasteiger charge is 2.33. The van der Waals surface area contributed by atoms with Crippen LogP contribution in [0.1, 0.15) is 13.3 Å². The largest absolute Gasteiger partial charge is 0.495 e. The second kappa shape index (κ2) is 7.38. The standard InChI is InChI=1S/C16H24ClN3O3/c1-16(9-18)4-5-20(10-16)8-15(21)19-12-7-13(22-2)11(17)6-14(12)23-3/h6-7H,4-5,8-10,18H2,1-3H3,(H,19,21). The van der Waals surface area contributed by atoms with Crippen LogP contribution in [-0.2, 0) is 4.79 Å². The monoisotopic (exact) mass is 341 g/mol. The van der Waals surface area contributed by atoms with Crippen molar-refractivity contribution in [2.45, 2.75) is 13.3 Å². The van der Waals surface area contributed by atoms with Crippen molar-refractivity contribution >= 4 is 23.2 Å². The van der Waals surface area contributed by atoms with Gasteiger partial charge in [-0.3, -0.25) is 9.69 Å². The Balaban J connectivity index is 2.03. The van der Waals surface area contributed by atoms with E-state index in [4.69, 9.17) is 26.8 Å². The summed E-state index contributed by atoms with van der Waals surface area (Å²) in [5, 5.41) is 3.29. The quantitative estimate of drug-likeness (QED) is 0.827. The molecule has 1 heterocycles. The van der Waals surface area contributed by atoms with Gasteiger partial charge in [0.1, 0.15) is 11.5 Å². The van der Waals surface area contributed by atoms with Gasteiger partial charge in [0.15, 0.2) is 0 Å². The number of nitrogens with zero attached hydrogens (tertiary/aromatic N) is 1. The summed E-state index contributed by atoms with van der Waals surface area (Å²) in [5.41, 5.74) is 6.44. The van der Waals surface area contributed by atoms with Crippen molar-refractivity contribution in [3.63, 3.8) is 0 Å². The first-order valence-corrected chi connectivity index (χ1v) is 7.92. The lowest BCUT2D eigenvalue weighted by Gasteiger charge is -2.22. The number of nitrogens with one attached hydrogen (secondary N) is 1. The number of benzene rings is 1. The van der Waals surface area contributed by atoms with Gasteiger partial charge in [-0.2, -0.15) is 0 Å². The molecule has 6 nitrogen and oxygen atoms in total. The Morgan fingerprint density at radius 2 is 2.09 bits per heavy atom. The third kappa shape index (κ3) is 4.28. The van der Waals surface area contributed by atoms with Gasteiger partial charge in [-0.1, -0.05) is 18.5 Å². The van der Waals surface area contributed by atoms with Crippen molar-refractivity contribution in [2.24, 2.45) is 11.1 Å². The molecule has 128 valence electrons. The second-order valence-corrected chi connectivity index (χ2v) is 6.62. The molecule has 1 aromatic rings. The van der Waals surface area contributed by atoms with E-state index in [-0.39, 0.29) is 11.3 Å². The molecule has 0 saturated carbocycles. The zero-order valence-electron chi connectivity index (χ0n) is 13.8. The molecule has 1 amide bonds. The Hall–Kier alpha value is -1.50. The molecule has 0 bridgehead atoms. The van der Waals surface area contributed by atoms with E-state index in [0.717, 1.165) is 19.5 Å². The van der Waals surface area contributed by atoms with Crippen LogP contribution in [0.25, 0.3) is 0 Å². The summed E-state index contributed by atoms with van der Waals surface area (Å²) in [5.74, 6) is 0.881. The van der Waals surface area contributed by atoms with Crippen molar-refractivity contribution < 1.29 is 14.3 Å². The van der Waals surface area contributed by atoms with Gasteiger partial charge >= 0.3 is 0 Å². The minimum Gasteiger partial charge on any atom is -0.495 e.